The zero-order chi connectivity index (χ0) is 16.7. The Balaban J connectivity index is 1.84. The fraction of sp³-hybridized carbons (Fsp3) is 0.350. The van der Waals surface area contributed by atoms with E-state index >= 15 is 0 Å². The highest BCUT2D eigenvalue weighted by molar-refractivity contribution is 5.82. The van der Waals surface area contributed by atoms with Crippen LogP contribution in [0, 0.1) is 5.92 Å². The first kappa shape index (κ1) is 17.2. The van der Waals surface area contributed by atoms with Crippen LogP contribution in [0.15, 0.2) is 54.6 Å². The predicted molar refractivity (Wildman–Crippen MR) is 92.8 cm³/mol. The molecule has 0 bridgehead atoms. The fourth-order valence-corrected chi connectivity index (χ4v) is 2.42. The number of nitrogens with one attached hydrogen (secondary N) is 1. The summed E-state index contributed by atoms with van der Waals surface area (Å²) in [5, 5.41) is 0. The van der Waals surface area contributed by atoms with Gasteiger partial charge in [0.25, 0.3) is 5.91 Å². The lowest BCUT2D eigenvalue weighted by Crippen LogP contribution is -2.28. The van der Waals surface area contributed by atoms with Crippen molar-refractivity contribution in [3.63, 3.8) is 0 Å². The van der Waals surface area contributed by atoms with Gasteiger partial charge in [0, 0.05) is 0 Å². The van der Waals surface area contributed by atoms with Crippen LogP contribution in [0.3, 0.4) is 0 Å². The third kappa shape index (κ3) is 5.53. The van der Waals surface area contributed by atoms with E-state index in [0.29, 0.717) is 12.5 Å². The Bertz CT molecular complexity index is 605. The molecule has 0 aromatic heterocycles. The molecular weight excluding hydrogens is 286 g/mol. The highest BCUT2D eigenvalue weighted by Crippen LogP contribution is 2.17. The van der Waals surface area contributed by atoms with E-state index in [1.165, 1.54) is 5.56 Å². The number of benzene rings is 2. The SMILES string of the molecule is CC(C)Cc1ccc(C(C)C(=O)NOCc2ccccc2)cc1. The largest absolute Gasteiger partial charge is 0.272 e. The van der Waals surface area contributed by atoms with Crippen LogP contribution in [-0.2, 0) is 22.7 Å². The Morgan fingerprint density at radius 1 is 0.957 bits per heavy atom. The molecule has 2 aromatic carbocycles. The van der Waals surface area contributed by atoms with E-state index in [4.69, 9.17) is 4.84 Å². The smallest absolute Gasteiger partial charge is 0.250 e. The van der Waals surface area contributed by atoms with Crippen LogP contribution in [0.2, 0.25) is 0 Å². The molecule has 0 aliphatic heterocycles. The second kappa shape index (κ2) is 8.49. The fourth-order valence-electron chi connectivity index (χ4n) is 2.42. The molecule has 0 radical (unpaired) electrons. The van der Waals surface area contributed by atoms with E-state index in [1.54, 1.807) is 0 Å². The van der Waals surface area contributed by atoms with Gasteiger partial charge in [-0.15, -0.1) is 0 Å². The molecule has 0 saturated heterocycles. The van der Waals surface area contributed by atoms with E-state index in [0.717, 1.165) is 17.5 Å². The summed E-state index contributed by atoms with van der Waals surface area (Å²) < 4.78 is 0. The second-order valence-electron chi connectivity index (χ2n) is 6.30. The van der Waals surface area contributed by atoms with Crippen LogP contribution < -0.4 is 5.48 Å². The van der Waals surface area contributed by atoms with Crippen LogP contribution in [0.1, 0.15) is 43.4 Å². The molecular formula is C20H25NO2. The first-order valence-corrected chi connectivity index (χ1v) is 8.10. The van der Waals surface area contributed by atoms with Crippen LogP contribution >= 0.6 is 0 Å². The standard InChI is InChI=1S/C20H25NO2/c1-15(2)13-17-9-11-19(12-10-17)16(3)20(22)21-23-14-18-7-5-4-6-8-18/h4-12,15-16H,13-14H2,1-3H3,(H,21,22). The minimum absolute atomic E-state index is 0.127. The number of carbonyl (C=O) groups is 1. The van der Waals surface area contributed by atoms with Gasteiger partial charge in [0.15, 0.2) is 0 Å². The quantitative estimate of drug-likeness (QED) is 0.777. The molecule has 0 heterocycles. The Kier molecular flexibility index (Phi) is 6.36. The Morgan fingerprint density at radius 3 is 2.22 bits per heavy atom. The monoisotopic (exact) mass is 311 g/mol. The summed E-state index contributed by atoms with van der Waals surface area (Å²) in [4.78, 5) is 17.5. The molecule has 0 spiro atoms. The third-order valence-corrected chi connectivity index (χ3v) is 3.77. The third-order valence-electron chi connectivity index (χ3n) is 3.77. The lowest BCUT2D eigenvalue weighted by molar-refractivity contribution is -0.135. The molecule has 1 unspecified atom stereocenters. The maximum atomic E-state index is 12.2. The molecule has 0 aliphatic carbocycles. The van der Waals surface area contributed by atoms with Gasteiger partial charge in [0.2, 0.25) is 0 Å². The van der Waals surface area contributed by atoms with Gasteiger partial charge in [-0.1, -0.05) is 68.4 Å². The van der Waals surface area contributed by atoms with Gasteiger partial charge in [-0.3, -0.25) is 9.63 Å². The van der Waals surface area contributed by atoms with Crippen molar-refractivity contribution < 1.29 is 9.63 Å². The van der Waals surface area contributed by atoms with Gasteiger partial charge >= 0.3 is 0 Å². The molecule has 0 aliphatic rings. The lowest BCUT2D eigenvalue weighted by atomic mass is 9.96. The van der Waals surface area contributed by atoms with Gasteiger partial charge in [-0.2, -0.15) is 0 Å². The molecule has 2 rings (SSSR count). The van der Waals surface area contributed by atoms with Crippen molar-refractivity contribution in [3.8, 4) is 0 Å². The van der Waals surface area contributed by atoms with Crippen molar-refractivity contribution in [2.45, 2.75) is 39.7 Å². The summed E-state index contributed by atoms with van der Waals surface area (Å²) in [5.74, 6) is 0.268. The van der Waals surface area contributed by atoms with Gasteiger partial charge < -0.3 is 0 Å². The number of hydroxylamine groups is 1. The van der Waals surface area contributed by atoms with Crippen molar-refractivity contribution >= 4 is 5.91 Å². The van der Waals surface area contributed by atoms with Crippen molar-refractivity contribution in [1.82, 2.24) is 5.48 Å². The van der Waals surface area contributed by atoms with Gasteiger partial charge in [-0.25, -0.2) is 5.48 Å². The lowest BCUT2D eigenvalue weighted by Gasteiger charge is -2.13. The average molecular weight is 311 g/mol. The number of hydrogen-bond acceptors (Lipinski definition) is 2. The van der Waals surface area contributed by atoms with E-state index in [1.807, 2.05) is 49.4 Å². The summed E-state index contributed by atoms with van der Waals surface area (Å²) in [5.41, 5.74) is 5.86. The highest BCUT2D eigenvalue weighted by atomic mass is 16.6. The Labute approximate surface area is 138 Å². The summed E-state index contributed by atoms with van der Waals surface area (Å²) in [7, 11) is 0. The van der Waals surface area contributed by atoms with E-state index in [-0.39, 0.29) is 11.8 Å². The van der Waals surface area contributed by atoms with Crippen molar-refractivity contribution in [3.05, 3.63) is 71.3 Å². The van der Waals surface area contributed by atoms with Crippen molar-refractivity contribution in [1.29, 1.82) is 0 Å². The molecule has 122 valence electrons. The summed E-state index contributed by atoms with van der Waals surface area (Å²) in [6, 6.07) is 18.0. The first-order chi connectivity index (χ1) is 11.1. The number of carbonyl (C=O) groups excluding carboxylic acids is 1. The Morgan fingerprint density at radius 2 is 1.61 bits per heavy atom. The van der Waals surface area contributed by atoms with Crippen LogP contribution in [0.5, 0.6) is 0 Å². The van der Waals surface area contributed by atoms with Gasteiger partial charge in [-0.05, 0) is 36.0 Å². The van der Waals surface area contributed by atoms with E-state index in [9.17, 15) is 4.79 Å². The topological polar surface area (TPSA) is 38.3 Å². The average Bonchev–Trinajstić information content (AvgIpc) is 2.55. The molecule has 0 fully saturated rings. The molecule has 1 amide bonds. The maximum Gasteiger partial charge on any atom is 0.250 e. The molecule has 1 N–H and O–H groups in total. The first-order valence-electron chi connectivity index (χ1n) is 8.10. The minimum Gasteiger partial charge on any atom is -0.272 e. The van der Waals surface area contributed by atoms with Crippen LogP contribution in [-0.4, -0.2) is 5.91 Å². The zero-order valence-electron chi connectivity index (χ0n) is 14.1. The number of hydrogen-bond donors (Lipinski definition) is 1. The normalized spacial score (nSPS) is 12.2. The summed E-state index contributed by atoms with van der Waals surface area (Å²) >= 11 is 0. The van der Waals surface area contributed by atoms with Crippen molar-refractivity contribution in [2.75, 3.05) is 0 Å². The highest BCUT2D eigenvalue weighted by Gasteiger charge is 2.15. The minimum atomic E-state index is -0.237. The Hall–Kier alpha value is -2.13. The number of amides is 1. The molecule has 2 aromatic rings. The molecule has 1 atom stereocenters. The van der Waals surface area contributed by atoms with E-state index in [2.05, 4.69) is 31.5 Å². The molecule has 23 heavy (non-hydrogen) atoms. The molecule has 3 nitrogen and oxygen atoms in total. The molecule has 0 saturated carbocycles. The van der Waals surface area contributed by atoms with Gasteiger partial charge in [0.05, 0.1) is 12.5 Å². The zero-order valence-corrected chi connectivity index (χ0v) is 14.1. The molecule has 3 heteroatoms. The van der Waals surface area contributed by atoms with E-state index < -0.39 is 0 Å². The van der Waals surface area contributed by atoms with Crippen molar-refractivity contribution in [2.24, 2.45) is 5.92 Å². The summed E-state index contributed by atoms with van der Waals surface area (Å²) in [6.07, 6.45) is 1.06. The number of rotatable bonds is 7. The summed E-state index contributed by atoms with van der Waals surface area (Å²) in [6.45, 7) is 6.66. The van der Waals surface area contributed by atoms with Gasteiger partial charge in [0.1, 0.15) is 0 Å². The predicted octanol–water partition coefficient (Wildman–Crippen LogP) is 4.24. The van der Waals surface area contributed by atoms with Crippen LogP contribution in [0.4, 0.5) is 0 Å². The second-order valence-corrected chi connectivity index (χ2v) is 6.30. The maximum absolute atomic E-state index is 12.2. The van der Waals surface area contributed by atoms with Crippen LogP contribution in [0.25, 0.3) is 0 Å².